The van der Waals surface area contributed by atoms with Crippen molar-refractivity contribution in [3.63, 3.8) is 0 Å². The Morgan fingerprint density at radius 1 is 1.46 bits per heavy atom. The Morgan fingerprint density at radius 3 is 2.62 bits per heavy atom. The summed E-state index contributed by atoms with van der Waals surface area (Å²) in [5, 5.41) is 11.8. The van der Waals surface area contributed by atoms with Crippen molar-refractivity contribution in [2.75, 3.05) is 6.54 Å². The second-order valence-corrected chi connectivity index (χ2v) is 3.43. The molecule has 1 rings (SSSR count). The van der Waals surface area contributed by atoms with Gasteiger partial charge >= 0.3 is 35.5 Å². The van der Waals surface area contributed by atoms with E-state index in [1.807, 2.05) is 0 Å². The van der Waals surface area contributed by atoms with E-state index in [1.54, 1.807) is 0 Å². The number of carboxylic acid groups (broad SMARTS) is 1. The van der Waals surface area contributed by atoms with Crippen molar-refractivity contribution in [2.24, 2.45) is 0 Å². The molecule has 1 aliphatic carbocycles. The Balaban J connectivity index is 0. The normalized spacial score (nSPS) is 16.9. The summed E-state index contributed by atoms with van der Waals surface area (Å²) in [6.07, 6.45) is 6.25. The molecular formula is C9H18NNaO2. The molecule has 1 aliphatic rings. The van der Waals surface area contributed by atoms with Gasteiger partial charge in [-0.3, -0.25) is 4.79 Å². The molecule has 0 heterocycles. The predicted molar refractivity (Wildman–Crippen MR) is 48.2 cm³/mol. The van der Waals surface area contributed by atoms with Crippen LogP contribution in [0.15, 0.2) is 0 Å². The Labute approximate surface area is 103 Å². The van der Waals surface area contributed by atoms with Crippen molar-refractivity contribution in [1.29, 1.82) is 0 Å². The Kier molecular flexibility index (Phi) is 8.06. The third-order valence-corrected chi connectivity index (χ3v) is 2.36. The van der Waals surface area contributed by atoms with E-state index in [2.05, 4.69) is 5.32 Å². The zero-order valence-electron chi connectivity index (χ0n) is 9.38. The maximum atomic E-state index is 10.2. The van der Waals surface area contributed by atoms with E-state index in [4.69, 9.17) is 5.11 Å². The first kappa shape index (κ1) is 13.4. The molecule has 4 heteroatoms. The van der Waals surface area contributed by atoms with E-state index in [1.165, 1.54) is 25.7 Å². The molecule has 0 aromatic heterocycles. The molecule has 0 unspecified atom stereocenters. The van der Waals surface area contributed by atoms with Gasteiger partial charge in [-0.2, -0.15) is 0 Å². The molecule has 0 amide bonds. The quantitative estimate of drug-likeness (QED) is 0.414. The molecule has 0 aromatic carbocycles. The van der Waals surface area contributed by atoms with Gasteiger partial charge in [0, 0.05) is 12.5 Å². The van der Waals surface area contributed by atoms with Crippen LogP contribution < -0.4 is 34.9 Å². The predicted octanol–water partition coefficient (Wildman–Crippen LogP) is -1.50. The minimum atomic E-state index is -0.691. The number of nitrogens with one attached hydrogen (secondary N) is 1. The van der Waals surface area contributed by atoms with Gasteiger partial charge in [0.05, 0.1) is 0 Å². The summed E-state index contributed by atoms with van der Waals surface area (Å²) in [7, 11) is 0. The van der Waals surface area contributed by atoms with Crippen molar-refractivity contribution < 1.29 is 40.9 Å². The summed E-state index contributed by atoms with van der Waals surface area (Å²) in [6.45, 7) is 0.858. The van der Waals surface area contributed by atoms with Gasteiger partial charge in [0.2, 0.25) is 0 Å². The summed E-state index contributed by atoms with van der Waals surface area (Å²) in [5.41, 5.74) is 0. The minimum Gasteiger partial charge on any atom is -1.00 e. The van der Waals surface area contributed by atoms with Crippen LogP contribution in [0.4, 0.5) is 0 Å². The van der Waals surface area contributed by atoms with Gasteiger partial charge in [0.15, 0.2) is 0 Å². The van der Waals surface area contributed by atoms with Crippen molar-refractivity contribution >= 4 is 5.97 Å². The van der Waals surface area contributed by atoms with Gasteiger partial charge < -0.3 is 11.8 Å². The van der Waals surface area contributed by atoms with Crippen LogP contribution in [0.3, 0.4) is 0 Å². The van der Waals surface area contributed by atoms with Crippen LogP contribution in [0.5, 0.6) is 0 Å². The van der Waals surface area contributed by atoms with E-state index < -0.39 is 5.97 Å². The first-order valence-corrected chi connectivity index (χ1v) is 4.74. The molecule has 0 aromatic rings. The maximum absolute atomic E-state index is 10.2. The summed E-state index contributed by atoms with van der Waals surface area (Å²) in [6, 6.07) is 0.666. The first-order valence-electron chi connectivity index (χ1n) is 4.74. The van der Waals surface area contributed by atoms with Crippen LogP contribution in [-0.2, 0) is 4.79 Å². The zero-order chi connectivity index (χ0) is 8.81. The topological polar surface area (TPSA) is 49.3 Å². The molecule has 0 aliphatic heterocycles. The zero-order valence-corrected chi connectivity index (χ0v) is 10.4. The van der Waals surface area contributed by atoms with Crippen molar-refractivity contribution in [1.82, 2.24) is 5.32 Å². The van der Waals surface area contributed by atoms with Crippen molar-refractivity contribution in [3.8, 4) is 0 Å². The molecule has 2 N–H and O–H groups in total. The van der Waals surface area contributed by atoms with Crippen LogP contribution in [-0.4, -0.2) is 23.7 Å². The Bertz CT molecular complexity index is 152. The Hall–Kier alpha value is 0.430. The summed E-state index contributed by atoms with van der Waals surface area (Å²) in [4.78, 5) is 10.2. The number of carboxylic acids is 1. The largest absolute Gasteiger partial charge is 1.00 e. The molecule has 0 atom stereocenters. The van der Waals surface area contributed by atoms with Crippen LogP contribution in [0.2, 0.25) is 0 Å². The molecule has 0 bridgehead atoms. The number of aliphatic carboxylic acids is 1. The van der Waals surface area contributed by atoms with Gasteiger partial charge in [-0.25, -0.2) is 0 Å². The molecule has 3 nitrogen and oxygen atoms in total. The van der Waals surface area contributed by atoms with Crippen molar-refractivity contribution in [3.05, 3.63) is 0 Å². The molecule has 72 valence electrons. The van der Waals surface area contributed by atoms with E-state index >= 15 is 0 Å². The summed E-state index contributed by atoms with van der Waals surface area (Å²) in [5.74, 6) is -0.691. The van der Waals surface area contributed by atoms with Gasteiger partial charge in [-0.15, -0.1) is 0 Å². The average molecular weight is 195 g/mol. The second-order valence-electron chi connectivity index (χ2n) is 3.43. The monoisotopic (exact) mass is 195 g/mol. The van der Waals surface area contributed by atoms with Crippen LogP contribution in [0, 0.1) is 0 Å². The fourth-order valence-electron chi connectivity index (χ4n) is 1.68. The third-order valence-electron chi connectivity index (χ3n) is 2.36. The minimum absolute atomic E-state index is 0. The molecule has 1 saturated carbocycles. The van der Waals surface area contributed by atoms with Crippen molar-refractivity contribution in [2.45, 2.75) is 44.6 Å². The molecule has 0 saturated heterocycles. The number of hydrogen-bond acceptors (Lipinski definition) is 2. The first-order chi connectivity index (χ1) is 5.79. The maximum Gasteiger partial charge on any atom is 1.00 e. The molecule has 0 radical (unpaired) electrons. The van der Waals surface area contributed by atoms with E-state index in [-0.39, 0.29) is 31.0 Å². The number of carbonyl (C=O) groups is 1. The standard InChI is InChI=1S/C9H17NO2.Na.H/c11-9(12)6-3-7-10-8-4-1-2-5-8;;/h8,10H,1-7H2,(H,11,12);;/q;+1;-1. The van der Waals surface area contributed by atoms with Gasteiger partial charge in [-0.1, -0.05) is 12.8 Å². The summed E-state index contributed by atoms with van der Waals surface area (Å²) >= 11 is 0. The number of hydrogen-bond donors (Lipinski definition) is 2. The smallest absolute Gasteiger partial charge is 1.00 e. The van der Waals surface area contributed by atoms with Crippen LogP contribution in [0.25, 0.3) is 0 Å². The molecule has 13 heavy (non-hydrogen) atoms. The van der Waals surface area contributed by atoms with Gasteiger partial charge in [-0.05, 0) is 25.8 Å². The average Bonchev–Trinajstić information content (AvgIpc) is 2.49. The van der Waals surface area contributed by atoms with Crippen LogP contribution in [0.1, 0.15) is 40.0 Å². The summed E-state index contributed by atoms with van der Waals surface area (Å²) < 4.78 is 0. The second kappa shape index (κ2) is 7.80. The van der Waals surface area contributed by atoms with E-state index in [0.717, 1.165) is 13.0 Å². The van der Waals surface area contributed by atoms with Crippen LogP contribution >= 0.6 is 0 Å². The van der Waals surface area contributed by atoms with E-state index in [9.17, 15) is 4.79 Å². The van der Waals surface area contributed by atoms with Gasteiger partial charge in [0.1, 0.15) is 0 Å². The Morgan fingerprint density at radius 2 is 2.08 bits per heavy atom. The van der Waals surface area contributed by atoms with E-state index in [0.29, 0.717) is 12.5 Å². The molecular weight excluding hydrogens is 177 g/mol. The molecule has 0 spiro atoms. The van der Waals surface area contributed by atoms with Gasteiger partial charge in [0.25, 0.3) is 0 Å². The third kappa shape index (κ3) is 6.49. The molecule has 1 fully saturated rings. The SMILES string of the molecule is O=C(O)CCCNC1CCCC1.[H-].[Na+]. The fourth-order valence-corrected chi connectivity index (χ4v) is 1.68. The fraction of sp³-hybridized carbons (Fsp3) is 0.889. The number of rotatable bonds is 5.